The SMILES string of the molecule is Cc1ncc(CNc2cc(Cl)ccc2C(=N)c2n[nH]c(C)n2)cn1. The van der Waals surface area contributed by atoms with Crippen molar-refractivity contribution in [1.29, 1.82) is 5.41 Å². The molecule has 3 rings (SSSR count). The highest BCUT2D eigenvalue weighted by Gasteiger charge is 2.14. The minimum absolute atomic E-state index is 0.221. The summed E-state index contributed by atoms with van der Waals surface area (Å²) < 4.78 is 0. The Balaban J connectivity index is 1.85. The fraction of sp³-hybridized carbons (Fsp3) is 0.188. The maximum Gasteiger partial charge on any atom is 0.199 e. The summed E-state index contributed by atoms with van der Waals surface area (Å²) in [5, 5.41) is 19.0. The van der Waals surface area contributed by atoms with Gasteiger partial charge in [0.05, 0.1) is 0 Å². The van der Waals surface area contributed by atoms with E-state index in [2.05, 4.69) is 30.5 Å². The van der Waals surface area contributed by atoms with Gasteiger partial charge in [0.25, 0.3) is 0 Å². The minimum atomic E-state index is 0.221. The highest BCUT2D eigenvalue weighted by Crippen LogP contribution is 2.23. The first kappa shape index (κ1) is 16.1. The lowest BCUT2D eigenvalue weighted by Crippen LogP contribution is -2.10. The van der Waals surface area contributed by atoms with Crippen LogP contribution in [-0.4, -0.2) is 30.9 Å². The summed E-state index contributed by atoms with van der Waals surface area (Å²) in [6.45, 7) is 4.16. The van der Waals surface area contributed by atoms with Crippen molar-refractivity contribution in [3.05, 3.63) is 64.2 Å². The lowest BCUT2D eigenvalue weighted by molar-refractivity contribution is 0.993. The van der Waals surface area contributed by atoms with E-state index in [-0.39, 0.29) is 5.71 Å². The fourth-order valence-corrected chi connectivity index (χ4v) is 2.34. The number of aromatic amines is 1. The molecule has 0 unspecified atom stereocenters. The number of halogens is 1. The van der Waals surface area contributed by atoms with Gasteiger partial charge in [-0.05, 0) is 32.0 Å². The van der Waals surface area contributed by atoms with Crippen LogP contribution < -0.4 is 5.32 Å². The summed E-state index contributed by atoms with van der Waals surface area (Å²) in [6.07, 6.45) is 3.53. The summed E-state index contributed by atoms with van der Waals surface area (Å²) in [5.74, 6) is 1.73. The number of aromatic nitrogens is 5. The highest BCUT2D eigenvalue weighted by molar-refractivity contribution is 6.31. The number of aryl methyl sites for hydroxylation is 2. The van der Waals surface area contributed by atoms with E-state index in [1.54, 1.807) is 37.5 Å². The Bertz CT molecular complexity index is 870. The molecule has 0 aliphatic carbocycles. The van der Waals surface area contributed by atoms with Crippen LogP contribution in [-0.2, 0) is 6.54 Å². The van der Waals surface area contributed by atoms with E-state index >= 15 is 0 Å². The lowest BCUT2D eigenvalue weighted by Gasteiger charge is -2.12. The van der Waals surface area contributed by atoms with Crippen molar-refractivity contribution in [2.24, 2.45) is 0 Å². The predicted molar refractivity (Wildman–Crippen MR) is 92.6 cm³/mol. The Kier molecular flexibility index (Phi) is 4.52. The second-order valence-electron chi connectivity index (χ2n) is 5.30. The molecule has 122 valence electrons. The smallest absolute Gasteiger partial charge is 0.199 e. The minimum Gasteiger partial charge on any atom is -0.380 e. The molecule has 3 aromatic rings. The molecule has 0 radical (unpaired) electrons. The van der Waals surface area contributed by atoms with Crippen LogP contribution in [0.2, 0.25) is 5.02 Å². The van der Waals surface area contributed by atoms with E-state index in [4.69, 9.17) is 17.0 Å². The van der Waals surface area contributed by atoms with Gasteiger partial charge >= 0.3 is 0 Å². The van der Waals surface area contributed by atoms with E-state index in [1.165, 1.54) is 0 Å². The van der Waals surface area contributed by atoms with Gasteiger partial charge in [0.1, 0.15) is 17.4 Å². The second-order valence-corrected chi connectivity index (χ2v) is 5.74. The zero-order valence-corrected chi connectivity index (χ0v) is 14.0. The summed E-state index contributed by atoms with van der Waals surface area (Å²) in [5.41, 5.74) is 2.56. The number of hydrogen-bond donors (Lipinski definition) is 3. The molecule has 7 nitrogen and oxygen atoms in total. The number of benzene rings is 1. The third-order valence-corrected chi connectivity index (χ3v) is 3.62. The Morgan fingerprint density at radius 2 is 2.00 bits per heavy atom. The molecule has 8 heteroatoms. The lowest BCUT2D eigenvalue weighted by atomic mass is 10.1. The van der Waals surface area contributed by atoms with Crippen molar-refractivity contribution in [1.82, 2.24) is 25.1 Å². The molecular weight excluding hydrogens is 326 g/mol. The number of nitrogens with one attached hydrogen (secondary N) is 3. The van der Waals surface area contributed by atoms with Crippen LogP contribution in [0.5, 0.6) is 0 Å². The van der Waals surface area contributed by atoms with Crippen molar-refractivity contribution in [3.8, 4) is 0 Å². The maximum absolute atomic E-state index is 8.35. The molecule has 2 heterocycles. The number of nitrogens with zero attached hydrogens (tertiary/aromatic N) is 4. The topological polar surface area (TPSA) is 103 Å². The van der Waals surface area contributed by atoms with Crippen LogP contribution in [0.4, 0.5) is 5.69 Å². The Hall–Kier alpha value is -2.80. The highest BCUT2D eigenvalue weighted by atomic mass is 35.5. The van der Waals surface area contributed by atoms with Crippen molar-refractivity contribution < 1.29 is 0 Å². The third kappa shape index (κ3) is 3.57. The molecule has 0 aliphatic heterocycles. The molecule has 0 amide bonds. The Morgan fingerprint density at radius 1 is 1.25 bits per heavy atom. The first-order valence-corrected chi connectivity index (χ1v) is 7.70. The van der Waals surface area contributed by atoms with Gasteiger partial charge < -0.3 is 5.32 Å². The van der Waals surface area contributed by atoms with E-state index in [1.807, 2.05) is 6.92 Å². The zero-order valence-electron chi connectivity index (χ0n) is 13.3. The van der Waals surface area contributed by atoms with Crippen LogP contribution in [0.25, 0.3) is 0 Å². The molecule has 0 saturated carbocycles. The molecule has 0 spiro atoms. The molecule has 0 saturated heterocycles. The molecular formula is C16H16ClN7. The Labute approximate surface area is 144 Å². The molecule has 1 aromatic carbocycles. The van der Waals surface area contributed by atoms with Gasteiger partial charge in [0.2, 0.25) is 0 Å². The standard InChI is InChI=1S/C16H16ClN7/c1-9-19-6-11(7-20-9)8-21-14-5-12(17)3-4-13(14)15(18)16-22-10(2)23-24-16/h3-7,18,21H,8H2,1-2H3,(H,22,23,24). The van der Waals surface area contributed by atoms with Crippen molar-refractivity contribution in [2.45, 2.75) is 20.4 Å². The van der Waals surface area contributed by atoms with Crippen LogP contribution in [0.1, 0.15) is 28.6 Å². The van der Waals surface area contributed by atoms with Gasteiger partial charge in [-0.15, -0.1) is 0 Å². The van der Waals surface area contributed by atoms with Crippen molar-refractivity contribution >= 4 is 23.0 Å². The summed E-state index contributed by atoms with van der Waals surface area (Å²) >= 11 is 6.10. The monoisotopic (exact) mass is 341 g/mol. The van der Waals surface area contributed by atoms with Crippen LogP contribution >= 0.6 is 11.6 Å². The molecule has 24 heavy (non-hydrogen) atoms. The van der Waals surface area contributed by atoms with Gasteiger partial charge in [-0.1, -0.05) is 11.6 Å². The van der Waals surface area contributed by atoms with Gasteiger partial charge in [0, 0.05) is 40.8 Å². The van der Waals surface area contributed by atoms with Crippen molar-refractivity contribution in [3.63, 3.8) is 0 Å². The second kappa shape index (κ2) is 6.76. The quantitative estimate of drug-likeness (QED) is 0.619. The summed E-state index contributed by atoms with van der Waals surface area (Å²) in [6, 6.07) is 5.30. The number of rotatable bonds is 5. The van der Waals surface area contributed by atoms with Crippen molar-refractivity contribution in [2.75, 3.05) is 5.32 Å². The number of hydrogen-bond acceptors (Lipinski definition) is 6. The normalized spacial score (nSPS) is 10.6. The summed E-state index contributed by atoms with van der Waals surface area (Å²) in [4.78, 5) is 12.6. The number of H-pyrrole nitrogens is 1. The fourth-order valence-electron chi connectivity index (χ4n) is 2.16. The first-order valence-electron chi connectivity index (χ1n) is 7.32. The Morgan fingerprint density at radius 3 is 2.67 bits per heavy atom. The molecule has 0 bridgehead atoms. The van der Waals surface area contributed by atoms with Gasteiger partial charge in [-0.3, -0.25) is 10.5 Å². The largest absolute Gasteiger partial charge is 0.380 e. The van der Waals surface area contributed by atoms with Crippen LogP contribution in [0.3, 0.4) is 0 Å². The first-order chi connectivity index (χ1) is 11.5. The van der Waals surface area contributed by atoms with Gasteiger partial charge in [-0.25, -0.2) is 15.0 Å². The number of anilines is 1. The van der Waals surface area contributed by atoms with Gasteiger partial charge in [-0.2, -0.15) is 5.10 Å². The van der Waals surface area contributed by atoms with Gasteiger partial charge in [0.15, 0.2) is 5.82 Å². The third-order valence-electron chi connectivity index (χ3n) is 3.39. The average Bonchev–Trinajstić information content (AvgIpc) is 3.00. The molecule has 0 fully saturated rings. The predicted octanol–water partition coefficient (Wildman–Crippen LogP) is 2.89. The van der Waals surface area contributed by atoms with Crippen LogP contribution in [0, 0.1) is 19.3 Å². The summed E-state index contributed by atoms with van der Waals surface area (Å²) in [7, 11) is 0. The maximum atomic E-state index is 8.35. The average molecular weight is 342 g/mol. The molecule has 0 atom stereocenters. The van der Waals surface area contributed by atoms with E-state index in [9.17, 15) is 0 Å². The zero-order chi connectivity index (χ0) is 17.1. The van der Waals surface area contributed by atoms with Crippen LogP contribution in [0.15, 0.2) is 30.6 Å². The molecule has 3 N–H and O–H groups in total. The van der Waals surface area contributed by atoms with E-state index < -0.39 is 0 Å². The van der Waals surface area contributed by atoms with E-state index in [0.29, 0.717) is 28.8 Å². The van der Waals surface area contributed by atoms with E-state index in [0.717, 1.165) is 17.1 Å². The molecule has 2 aromatic heterocycles. The molecule has 0 aliphatic rings.